The summed E-state index contributed by atoms with van der Waals surface area (Å²) in [4.78, 5) is 10.6. The lowest BCUT2D eigenvalue weighted by atomic mass is 9.96. The van der Waals surface area contributed by atoms with Gasteiger partial charge in [-0.15, -0.1) is 0 Å². The standard InChI is InChI=1S/C9H9NO4/c11-9(12)8-4-5-6(10-13)2-1-3-7(5)14-8/h4,13H,1-3H2,(H,11,12)/p-1/b10-6-. The average Bonchev–Trinajstić information content (AvgIpc) is 2.60. The van der Waals surface area contributed by atoms with E-state index in [0.29, 0.717) is 29.9 Å². The molecule has 74 valence electrons. The number of furan rings is 1. The van der Waals surface area contributed by atoms with Crippen LogP contribution in [-0.4, -0.2) is 16.8 Å². The van der Waals surface area contributed by atoms with E-state index >= 15 is 0 Å². The minimum atomic E-state index is -1.12. The molecule has 14 heavy (non-hydrogen) atoms. The Bertz CT molecular complexity index is 405. The van der Waals surface area contributed by atoms with Crippen LogP contribution in [0.1, 0.15) is 34.7 Å². The van der Waals surface area contributed by atoms with E-state index in [4.69, 9.17) is 9.52 Å². The van der Waals surface area contributed by atoms with Crippen LogP contribution in [0.4, 0.5) is 0 Å². The lowest BCUT2D eigenvalue weighted by Gasteiger charge is -2.13. The van der Waals surface area contributed by atoms with Crippen molar-refractivity contribution in [2.24, 2.45) is 5.16 Å². The third-order valence-electron chi connectivity index (χ3n) is 2.26. The summed E-state index contributed by atoms with van der Waals surface area (Å²) in [5.41, 5.74) is 0.950. The molecule has 0 fully saturated rings. The average molecular weight is 194 g/mol. The van der Waals surface area contributed by atoms with E-state index in [0.717, 1.165) is 6.42 Å². The van der Waals surface area contributed by atoms with Gasteiger partial charge in [0.05, 0.1) is 0 Å². The van der Waals surface area contributed by atoms with Crippen LogP contribution in [-0.2, 0) is 6.42 Å². The van der Waals surface area contributed by atoms with Crippen LogP contribution in [0, 0.1) is 5.21 Å². The summed E-state index contributed by atoms with van der Waals surface area (Å²) in [5.74, 6) is -0.689. The van der Waals surface area contributed by atoms with E-state index in [1.54, 1.807) is 0 Å². The fraction of sp³-hybridized carbons (Fsp3) is 0.333. The quantitative estimate of drug-likeness (QED) is 0.688. The van der Waals surface area contributed by atoms with Gasteiger partial charge < -0.3 is 19.9 Å². The first-order chi connectivity index (χ1) is 6.72. The molecule has 0 bridgehead atoms. The Balaban J connectivity index is 2.48. The van der Waals surface area contributed by atoms with Crippen molar-refractivity contribution in [3.05, 3.63) is 28.4 Å². The van der Waals surface area contributed by atoms with Gasteiger partial charge >= 0.3 is 5.97 Å². The Labute approximate surface area is 79.6 Å². The van der Waals surface area contributed by atoms with Gasteiger partial charge in [-0.05, 0) is 12.8 Å². The normalized spacial score (nSPS) is 18.1. The number of aryl methyl sites for hydroxylation is 1. The first-order valence-corrected chi connectivity index (χ1v) is 4.28. The lowest BCUT2D eigenvalue weighted by Crippen LogP contribution is -2.08. The molecule has 1 aromatic heterocycles. The van der Waals surface area contributed by atoms with Crippen LogP contribution < -0.4 is 0 Å². The predicted octanol–water partition coefficient (Wildman–Crippen LogP) is 1.60. The van der Waals surface area contributed by atoms with Crippen LogP contribution in [0.5, 0.6) is 0 Å². The van der Waals surface area contributed by atoms with Crippen molar-refractivity contribution in [3.8, 4) is 0 Å². The maximum Gasteiger partial charge on any atom is 0.371 e. The summed E-state index contributed by atoms with van der Waals surface area (Å²) in [6, 6.07) is 1.37. The number of carbonyl (C=O) groups is 1. The number of carboxylic acids is 1. The fourth-order valence-electron chi connectivity index (χ4n) is 1.61. The molecule has 0 spiro atoms. The van der Waals surface area contributed by atoms with Crippen molar-refractivity contribution in [3.63, 3.8) is 0 Å². The number of hydrogen-bond acceptors (Lipinski definition) is 4. The summed E-state index contributed by atoms with van der Waals surface area (Å²) in [6.07, 6.45) is 2.04. The molecule has 0 aromatic carbocycles. The molecule has 1 aliphatic carbocycles. The summed E-state index contributed by atoms with van der Waals surface area (Å²) in [6.45, 7) is 0. The highest BCUT2D eigenvalue weighted by Crippen LogP contribution is 2.25. The minimum Gasteiger partial charge on any atom is -0.792 e. The van der Waals surface area contributed by atoms with E-state index in [1.165, 1.54) is 6.07 Å². The molecule has 0 unspecified atom stereocenters. The maximum absolute atomic E-state index is 10.6. The molecule has 2 rings (SSSR count). The Morgan fingerprint density at radius 3 is 3.00 bits per heavy atom. The second-order valence-corrected chi connectivity index (χ2v) is 3.14. The third kappa shape index (κ3) is 1.26. The SMILES string of the molecule is O=C(O)c1cc2c(o1)CCC/C2=N/[O-]. The van der Waals surface area contributed by atoms with Gasteiger partial charge in [0.1, 0.15) is 5.76 Å². The van der Waals surface area contributed by atoms with E-state index in [1.807, 2.05) is 0 Å². The Hall–Kier alpha value is -1.78. The summed E-state index contributed by atoms with van der Waals surface area (Å²) >= 11 is 0. The van der Waals surface area contributed by atoms with Crippen molar-refractivity contribution in [2.45, 2.75) is 19.3 Å². The van der Waals surface area contributed by atoms with Crippen molar-refractivity contribution < 1.29 is 14.3 Å². The molecule has 0 saturated carbocycles. The van der Waals surface area contributed by atoms with Crippen LogP contribution >= 0.6 is 0 Å². The van der Waals surface area contributed by atoms with Gasteiger partial charge in [-0.3, -0.25) is 0 Å². The highest BCUT2D eigenvalue weighted by molar-refractivity contribution is 6.03. The molecule has 1 aromatic rings. The monoisotopic (exact) mass is 194 g/mol. The molecule has 1 aliphatic rings. The molecule has 0 saturated heterocycles. The van der Waals surface area contributed by atoms with Gasteiger partial charge in [-0.1, -0.05) is 0 Å². The zero-order valence-corrected chi connectivity index (χ0v) is 7.32. The number of aromatic carboxylic acids is 1. The molecule has 5 heteroatoms. The summed E-state index contributed by atoms with van der Waals surface area (Å²) < 4.78 is 5.08. The molecule has 0 atom stereocenters. The lowest BCUT2D eigenvalue weighted by molar-refractivity contribution is 0.0660. The second kappa shape index (κ2) is 3.17. The molecule has 0 aliphatic heterocycles. The van der Waals surface area contributed by atoms with E-state index in [9.17, 15) is 10.0 Å². The van der Waals surface area contributed by atoms with Gasteiger partial charge in [0.2, 0.25) is 5.76 Å². The largest absolute Gasteiger partial charge is 0.792 e. The fourth-order valence-corrected chi connectivity index (χ4v) is 1.61. The van der Waals surface area contributed by atoms with E-state index in [2.05, 4.69) is 5.16 Å². The molecule has 0 radical (unpaired) electrons. The molecule has 1 N–H and O–H groups in total. The number of nitrogens with zero attached hydrogens (tertiary/aromatic N) is 1. The van der Waals surface area contributed by atoms with Crippen LogP contribution in [0.2, 0.25) is 0 Å². The molecular formula is C9H8NO4-. The summed E-state index contributed by atoms with van der Waals surface area (Å²) in [7, 11) is 0. The zero-order valence-electron chi connectivity index (χ0n) is 7.32. The number of fused-ring (bicyclic) bond motifs is 1. The number of hydrogen-bond donors (Lipinski definition) is 1. The van der Waals surface area contributed by atoms with Gasteiger partial charge in [0, 0.05) is 23.8 Å². The van der Waals surface area contributed by atoms with Crippen LogP contribution in [0.15, 0.2) is 15.6 Å². The van der Waals surface area contributed by atoms with Gasteiger partial charge in [-0.2, -0.15) is 0 Å². The Morgan fingerprint density at radius 1 is 1.57 bits per heavy atom. The van der Waals surface area contributed by atoms with E-state index < -0.39 is 5.97 Å². The number of carboxylic acid groups (broad SMARTS) is 1. The van der Waals surface area contributed by atoms with Gasteiger partial charge in [0.15, 0.2) is 0 Å². The number of rotatable bonds is 1. The Kier molecular flexibility index (Phi) is 1.99. The minimum absolute atomic E-state index is 0.127. The molecular weight excluding hydrogens is 186 g/mol. The highest BCUT2D eigenvalue weighted by atomic mass is 16.4. The van der Waals surface area contributed by atoms with Crippen LogP contribution in [0.25, 0.3) is 0 Å². The molecule has 1 heterocycles. The van der Waals surface area contributed by atoms with Gasteiger partial charge in [-0.25, -0.2) is 4.79 Å². The molecule has 5 nitrogen and oxygen atoms in total. The van der Waals surface area contributed by atoms with Crippen molar-refractivity contribution >= 4 is 11.7 Å². The second-order valence-electron chi connectivity index (χ2n) is 3.14. The maximum atomic E-state index is 10.6. The van der Waals surface area contributed by atoms with Gasteiger partial charge in [0.25, 0.3) is 0 Å². The highest BCUT2D eigenvalue weighted by Gasteiger charge is 2.22. The topological polar surface area (TPSA) is 85.9 Å². The zero-order chi connectivity index (χ0) is 10.1. The Morgan fingerprint density at radius 2 is 2.36 bits per heavy atom. The smallest absolute Gasteiger partial charge is 0.371 e. The first-order valence-electron chi connectivity index (χ1n) is 4.28. The third-order valence-corrected chi connectivity index (χ3v) is 2.26. The predicted molar refractivity (Wildman–Crippen MR) is 48.5 cm³/mol. The molecule has 0 amide bonds. The van der Waals surface area contributed by atoms with Crippen molar-refractivity contribution in [2.75, 3.05) is 0 Å². The van der Waals surface area contributed by atoms with Crippen molar-refractivity contribution in [1.29, 1.82) is 0 Å². The first kappa shape index (κ1) is 8.80. The summed E-state index contributed by atoms with van der Waals surface area (Å²) in [5, 5.41) is 22.0. The van der Waals surface area contributed by atoms with Crippen molar-refractivity contribution in [1.82, 2.24) is 0 Å². The van der Waals surface area contributed by atoms with Crippen LogP contribution in [0.3, 0.4) is 0 Å². The van der Waals surface area contributed by atoms with E-state index in [-0.39, 0.29) is 5.76 Å².